The number of benzene rings is 1. The van der Waals surface area contributed by atoms with Crippen molar-refractivity contribution in [3.63, 3.8) is 0 Å². The molecule has 0 radical (unpaired) electrons. The summed E-state index contributed by atoms with van der Waals surface area (Å²) >= 11 is 0. The number of hydrogen-bond acceptors (Lipinski definition) is 9. The van der Waals surface area contributed by atoms with E-state index in [2.05, 4.69) is 32.0 Å². The quantitative estimate of drug-likeness (QED) is 0.374. The Labute approximate surface area is 213 Å². The molecule has 2 saturated heterocycles. The van der Waals surface area contributed by atoms with Crippen LogP contribution in [0.1, 0.15) is 36.6 Å². The molecule has 6 heterocycles. The van der Waals surface area contributed by atoms with Gasteiger partial charge < -0.3 is 20.1 Å². The Morgan fingerprint density at radius 2 is 1.95 bits per heavy atom. The molecule has 0 bridgehead atoms. The molecule has 0 aliphatic carbocycles. The summed E-state index contributed by atoms with van der Waals surface area (Å²) in [5, 5.41) is 1.89. The highest BCUT2D eigenvalue weighted by atomic mass is 16.5. The molecular weight excluding hydrogens is 468 g/mol. The molecule has 2 aliphatic rings. The summed E-state index contributed by atoms with van der Waals surface area (Å²) in [4.78, 5) is 25.0. The maximum Gasteiger partial charge on any atom is 0.157 e. The molecule has 0 saturated carbocycles. The minimum absolute atomic E-state index is 0.0281. The Bertz CT molecular complexity index is 1610. The third-order valence-corrected chi connectivity index (χ3v) is 7.05. The molecule has 5 aromatic rings. The molecule has 0 spiro atoms. The molecular formula is C27H26N8O2. The Balaban J connectivity index is 1.16. The van der Waals surface area contributed by atoms with Gasteiger partial charge in [-0.25, -0.2) is 19.9 Å². The van der Waals surface area contributed by atoms with Gasteiger partial charge in [0.2, 0.25) is 0 Å². The number of hydrogen-bond donors (Lipinski definition) is 1. The fourth-order valence-corrected chi connectivity index (χ4v) is 4.99. The molecule has 186 valence electrons. The van der Waals surface area contributed by atoms with E-state index in [1.54, 1.807) is 12.4 Å². The molecule has 2 aliphatic heterocycles. The van der Waals surface area contributed by atoms with Crippen LogP contribution >= 0.6 is 0 Å². The number of anilines is 2. The van der Waals surface area contributed by atoms with E-state index in [9.17, 15) is 0 Å². The number of nitrogens with zero attached hydrogens (tertiary/aromatic N) is 7. The van der Waals surface area contributed by atoms with Gasteiger partial charge in [0.05, 0.1) is 35.1 Å². The van der Waals surface area contributed by atoms with Gasteiger partial charge in [-0.1, -0.05) is 0 Å². The molecule has 0 unspecified atom stereocenters. The van der Waals surface area contributed by atoms with Crippen molar-refractivity contribution in [1.29, 1.82) is 0 Å². The first-order valence-electron chi connectivity index (χ1n) is 12.6. The van der Waals surface area contributed by atoms with E-state index in [1.165, 1.54) is 12.7 Å². The topological polar surface area (TPSA) is 117 Å². The van der Waals surface area contributed by atoms with Gasteiger partial charge >= 0.3 is 0 Å². The van der Waals surface area contributed by atoms with Crippen LogP contribution in [0.5, 0.6) is 5.75 Å². The van der Waals surface area contributed by atoms with Crippen molar-refractivity contribution in [2.45, 2.75) is 32.0 Å². The number of rotatable bonds is 6. The molecule has 7 rings (SSSR count). The van der Waals surface area contributed by atoms with E-state index >= 15 is 0 Å². The van der Waals surface area contributed by atoms with Crippen molar-refractivity contribution in [2.75, 3.05) is 30.3 Å². The normalized spacial score (nSPS) is 17.4. The van der Waals surface area contributed by atoms with E-state index in [4.69, 9.17) is 25.2 Å². The zero-order valence-electron chi connectivity index (χ0n) is 20.2. The minimum Gasteiger partial charge on any atom is -0.487 e. The fourth-order valence-electron chi connectivity index (χ4n) is 4.99. The van der Waals surface area contributed by atoms with Crippen molar-refractivity contribution < 1.29 is 9.47 Å². The molecule has 4 aromatic heterocycles. The largest absolute Gasteiger partial charge is 0.487 e. The second kappa shape index (κ2) is 8.97. The third kappa shape index (κ3) is 3.99. The van der Waals surface area contributed by atoms with Crippen LogP contribution in [0.15, 0.2) is 55.2 Å². The summed E-state index contributed by atoms with van der Waals surface area (Å²) in [6, 6.07) is 10.1. The SMILES string of the molecule is Nc1ncnc2c1c([C@@H]1CCCO1)cn2-c1cncc(COc2ccc3ccc(N4CCC4)nc3c2)n1. The van der Waals surface area contributed by atoms with Crippen molar-refractivity contribution in [3.8, 4) is 11.6 Å². The Morgan fingerprint density at radius 1 is 1.03 bits per heavy atom. The van der Waals surface area contributed by atoms with Crippen LogP contribution in [-0.2, 0) is 11.3 Å². The molecule has 0 amide bonds. The van der Waals surface area contributed by atoms with Crippen LogP contribution in [0.2, 0.25) is 0 Å². The number of ether oxygens (including phenoxy) is 2. The monoisotopic (exact) mass is 494 g/mol. The van der Waals surface area contributed by atoms with Crippen molar-refractivity contribution in [3.05, 3.63) is 66.5 Å². The standard InChI is InChI=1S/C27H26N8O2/c28-26-25-20(22-3-1-10-36-22)14-35(27(25)31-16-30-26)24-13-29-12-18(32-24)15-37-19-6-4-17-5-7-23(33-21(17)11-19)34-8-2-9-34/h4-7,11-14,16,22H,1-3,8-10,15H2,(H2,28,30,31)/t22-/m0/s1. The molecule has 1 aromatic carbocycles. The lowest BCUT2D eigenvalue weighted by atomic mass is 10.1. The summed E-state index contributed by atoms with van der Waals surface area (Å²) in [5.41, 5.74) is 9.53. The van der Waals surface area contributed by atoms with Crippen LogP contribution in [0.4, 0.5) is 11.6 Å². The van der Waals surface area contributed by atoms with Gasteiger partial charge in [0.25, 0.3) is 0 Å². The maximum absolute atomic E-state index is 6.25. The Hall–Kier alpha value is -4.31. The van der Waals surface area contributed by atoms with E-state index in [-0.39, 0.29) is 12.7 Å². The molecule has 2 N–H and O–H groups in total. The molecule has 10 heteroatoms. The molecule has 1 atom stereocenters. The third-order valence-electron chi connectivity index (χ3n) is 7.05. The average molecular weight is 495 g/mol. The smallest absolute Gasteiger partial charge is 0.157 e. The fraction of sp³-hybridized carbons (Fsp3) is 0.296. The van der Waals surface area contributed by atoms with Crippen LogP contribution < -0.4 is 15.4 Å². The summed E-state index contributed by atoms with van der Waals surface area (Å²) < 4.78 is 13.9. The Kier molecular flexibility index (Phi) is 5.32. The van der Waals surface area contributed by atoms with Gasteiger partial charge in [0.15, 0.2) is 11.5 Å². The van der Waals surface area contributed by atoms with Gasteiger partial charge in [-0.3, -0.25) is 9.55 Å². The highest BCUT2D eigenvalue weighted by Gasteiger charge is 2.25. The molecule has 37 heavy (non-hydrogen) atoms. The zero-order chi connectivity index (χ0) is 24.8. The van der Waals surface area contributed by atoms with Crippen LogP contribution in [0.3, 0.4) is 0 Å². The van der Waals surface area contributed by atoms with Gasteiger partial charge in [-0.2, -0.15) is 0 Å². The first-order valence-corrected chi connectivity index (χ1v) is 12.6. The van der Waals surface area contributed by atoms with Crippen LogP contribution in [0, 0.1) is 0 Å². The van der Waals surface area contributed by atoms with Crippen molar-refractivity contribution >= 4 is 33.6 Å². The first kappa shape index (κ1) is 21.9. The summed E-state index contributed by atoms with van der Waals surface area (Å²) in [5.74, 6) is 2.82. The number of nitrogens with two attached hydrogens (primary N) is 1. The predicted molar refractivity (Wildman–Crippen MR) is 140 cm³/mol. The van der Waals surface area contributed by atoms with E-state index in [1.807, 2.05) is 29.0 Å². The number of aromatic nitrogens is 6. The summed E-state index contributed by atoms with van der Waals surface area (Å²) in [6.07, 6.45) is 10.0. The van der Waals surface area contributed by atoms with Gasteiger partial charge in [0, 0.05) is 42.9 Å². The lowest BCUT2D eigenvalue weighted by Crippen LogP contribution is -2.37. The van der Waals surface area contributed by atoms with Crippen molar-refractivity contribution in [1.82, 2.24) is 29.5 Å². The second-order valence-electron chi connectivity index (χ2n) is 9.44. The molecule has 10 nitrogen and oxygen atoms in total. The van der Waals surface area contributed by atoms with Gasteiger partial charge in [-0.05, 0) is 43.5 Å². The highest BCUT2D eigenvalue weighted by molar-refractivity contribution is 5.91. The maximum atomic E-state index is 6.25. The average Bonchev–Trinajstić information content (AvgIpc) is 3.55. The Morgan fingerprint density at radius 3 is 2.78 bits per heavy atom. The van der Waals surface area contributed by atoms with E-state index in [0.29, 0.717) is 23.0 Å². The minimum atomic E-state index is -0.0281. The zero-order valence-corrected chi connectivity index (χ0v) is 20.2. The number of nitrogen functional groups attached to an aromatic ring is 1. The lowest BCUT2D eigenvalue weighted by molar-refractivity contribution is 0.113. The van der Waals surface area contributed by atoms with Gasteiger partial charge in [-0.15, -0.1) is 0 Å². The van der Waals surface area contributed by atoms with E-state index in [0.717, 1.165) is 66.0 Å². The number of fused-ring (bicyclic) bond motifs is 2. The van der Waals surface area contributed by atoms with Crippen LogP contribution in [-0.4, -0.2) is 49.2 Å². The summed E-state index contributed by atoms with van der Waals surface area (Å²) in [6.45, 7) is 3.14. The predicted octanol–water partition coefficient (Wildman–Crippen LogP) is 3.98. The molecule has 2 fully saturated rings. The summed E-state index contributed by atoms with van der Waals surface area (Å²) in [7, 11) is 0. The first-order chi connectivity index (χ1) is 18.2. The van der Waals surface area contributed by atoms with Crippen LogP contribution in [0.25, 0.3) is 27.8 Å². The highest BCUT2D eigenvalue weighted by Crippen LogP contribution is 2.37. The lowest BCUT2D eigenvalue weighted by Gasteiger charge is -2.32. The number of pyridine rings is 1. The van der Waals surface area contributed by atoms with Gasteiger partial charge in [0.1, 0.15) is 30.3 Å². The second-order valence-corrected chi connectivity index (χ2v) is 9.44. The van der Waals surface area contributed by atoms with Crippen molar-refractivity contribution in [2.24, 2.45) is 0 Å². The van der Waals surface area contributed by atoms with E-state index < -0.39 is 0 Å².